The summed E-state index contributed by atoms with van der Waals surface area (Å²) in [5, 5.41) is 18.8. The highest BCUT2D eigenvalue weighted by molar-refractivity contribution is 7.99. The second kappa shape index (κ2) is 5.98. The first-order valence-electron chi connectivity index (χ1n) is 5.67. The predicted octanol–water partition coefficient (Wildman–Crippen LogP) is 1.80. The molecule has 0 aliphatic carbocycles. The van der Waals surface area contributed by atoms with Gasteiger partial charge < -0.3 is 5.32 Å². The average molecular weight is 319 g/mol. The number of hydrogen-bond donors (Lipinski definition) is 2. The van der Waals surface area contributed by atoms with Gasteiger partial charge in [-0.1, -0.05) is 0 Å². The van der Waals surface area contributed by atoms with E-state index in [4.69, 9.17) is 5.14 Å². The first-order valence-corrected chi connectivity index (χ1v) is 8.44. The number of hydrogen-bond acceptors (Lipinski definition) is 6. The molecule has 0 saturated heterocycles. The molecule has 0 atom stereocenters. The Labute approximate surface area is 122 Å². The van der Waals surface area contributed by atoms with Crippen LogP contribution in [-0.2, 0) is 10.0 Å². The van der Waals surface area contributed by atoms with Crippen molar-refractivity contribution in [3.8, 4) is 0 Å². The van der Waals surface area contributed by atoms with Crippen LogP contribution in [0.15, 0.2) is 23.1 Å². The average Bonchev–Trinajstić information content (AvgIpc) is 2.35. The van der Waals surface area contributed by atoms with E-state index in [2.05, 4.69) is 5.32 Å². The molecule has 1 aromatic carbocycles. The maximum absolute atomic E-state index is 11.5. The van der Waals surface area contributed by atoms with Gasteiger partial charge >= 0.3 is 0 Å². The molecule has 112 valence electrons. The van der Waals surface area contributed by atoms with Crippen LogP contribution in [0.25, 0.3) is 0 Å². The van der Waals surface area contributed by atoms with Crippen molar-refractivity contribution in [3.63, 3.8) is 0 Å². The fraction of sp³-hybridized carbons (Fsp3) is 0.455. The van der Waals surface area contributed by atoms with E-state index in [1.54, 1.807) is 11.8 Å². The topological polar surface area (TPSA) is 115 Å². The molecule has 1 rings (SSSR count). The first-order chi connectivity index (χ1) is 9.07. The third kappa shape index (κ3) is 4.36. The van der Waals surface area contributed by atoms with Crippen molar-refractivity contribution in [3.05, 3.63) is 28.3 Å². The van der Waals surface area contributed by atoms with Gasteiger partial charge in [0.25, 0.3) is 5.69 Å². The van der Waals surface area contributed by atoms with Crippen LogP contribution in [0.4, 0.5) is 11.4 Å². The number of non-ortho nitro benzene ring substituents is 1. The Bertz CT molecular complexity index is 614. The Kier molecular flexibility index (Phi) is 5.00. The van der Waals surface area contributed by atoms with E-state index in [1.165, 1.54) is 12.1 Å². The molecule has 9 heteroatoms. The lowest BCUT2D eigenvalue weighted by Gasteiger charge is -2.23. The van der Waals surface area contributed by atoms with E-state index < -0.39 is 14.9 Å². The molecule has 0 aromatic heterocycles. The first kappa shape index (κ1) is 16.7. The minimum Gasteiger partial charge on any atom is -0.383 e. The van der Waals surface area contributed by atoms with Crippen molar-refractivity contribution in [2.45, 2.75) is 23.5 Å². The Balaban J connectivity index is 3.17. The number of sulfonamides is 1. The standard InChI is InChI=1S/C11H17N3O4S2/c1-11(2,19-3)7-13-9-5-4-8(14(15)16)6-10(9)20(12,17)18/h4-6,13H,7H2,1-3H3,(H2,12,17,18). The largest absolute Gasteiger partial charge is 0.383 e. The number of nitrogens with one attached hydrogen (secondary N) is 1. The number of nitrogens with zero attached hydrogens (tertiary/aromatic N) is 1. The molecule has 0 radical (unpaired) electrons. The molecular formula is C11H17N3O4S2. The maximum Gasteiger partial charge on any atom is 0.270 e. The third-order valence-electron chi connectivity index (χ3n) is 2.74. The zero-order valence-electron chi connectivity index (χ0n) is 11.4. The second-order valence-corrected chi connectivity index (χ2v) is 7.84. The highest BCUT2D eigenvalue weighted by Gasteiger charge is 2.21. The van der Waals surface area contributed by atoms with Gasteiger partial charge in [0.1, 0.15) is 4.90 Å². The van der Waals surface area contributed by atoms with Crippen LogP contribution >= 0.6 is 11.8 Å². The molecule has 0 aliphatic rings. The van der Waals surface area contributed by atoms with E-state index in [9.17, 15) is 18.5 Å². The van der Waals surface area contributed by atoms with Gasteiger partial charge in [-0.05, 0) is 26.2 Å². The number of benzene rings is 1. The number of nitrogens with two attached hydrogens (primary N) is 1. The van der Waals surface area contributed by atoms with Gasteiger partial charge in [0, 0.05) is 23.4 Å². The van der Waals surface area contributed by atoms with Crippen molar-refractivity contribution in [1.29, 1.82) is 0 Å². The summed E-state index contributed by atoms with van der Waals surface area (Å²) >= 11 is 1.62. The number of anilines is 1. The van der Waals surface area contributed by atoms with Gasteiger partial charge in [-0.25, -0.2) is 13.6 Å². The SMILES string of the molecule is CSC(C)(C)CNc1ccc([N+](=O)[O-])cc1S(N)(=O)=O. The van der Waals surface area contributed by atoms with Crippen LogP contribution in [0.2, 0.25) is 0 Å². The monoisotopic (exact) mass is 319 g/mol. The molecule has 0 heterocycles. The summed E-state index contributed by atoms with van der Waals surface area (Å²) in [5.74, 6) is 0. The summed E-state index contributed by atoms with van der Waals surface area (Å²) in [6.07, 6.45) is 1.94. The molecule has 0 saturated carbocycles. The molecule has 3 N–H and O–H groups in total. The lowest BCUT2D eigenvalue weighted by atomic mass is 10.2. The lowest BCUT2D eigenvalue weighted by Crippen LogP contribution is -2.27. The number of nitro benzene ring substituents is 1. The highest BCUT2D eigenvalue weighted by atomic mass is 32.2. The minimum atomic E-state index is -4.04. The van der Waals surface area contributed by atoms with Gasteiger partial charge in [-0.15, -0.1) is 0 Å². The van der Waals surface area contributed by atoms with Gasteiger partial charge in [0.05, 0.1) is 10.6 Å². The molecule has 0 fully saturated rings. The molecule has 0 aliphatic heterocycles. The van der Waals surface area contributed by atoms with Crippen LogP contribution in [-0.4, -0.2) is 30.9 Å². The highest BCUT2D eigenvalue weighted by Crippen LogP contribution is 2.27. The Morgan fingerprint density at radius 2 is 2.05 bits per heavy atom. The normalized spacial score (nSPS) is 12.2. The van der Waals surface area contributed by atoms with Crippen molar-refractivity contribution >= 4 is 33.2 Å². The number of thioether (sulfide) groups is 1. The molecule has 0 bridgehead atoms. The third-order valence-corrected chi connectivity index (χ3v) is 4.94. The Morgan fingerprint density at radius 3 is 2.50 bits per heavy atom. The summed E-state index contributed by atoms with van der Waals surface area (Å²) in [6, 6.07) is 3.56. The lowest BCUT2D eigenvalue weighted by molar-refractivity contribution is -0.385. The van der Waals surface area contributed by atoms with Crippen molar-refractivity contribution in [2.75, 3.05) is 18.1 Å². The van der Waals surface area contributed by atoms with E-state index in [-0.39, 0.29) is 21.0 Å². The molecule has 0 amide bonds. The van der Waals surface area contributed by atoms with Gasteiger partial charge in [0.2, 0.25) is 10.0 Å². The summed E-state index contributed by atoms with van der Waals surface area (Å²) in [7, 11) is -4.04. The zero-order valence-corrected chi connectivity index (χ0v) is 13.0. The van der Waals surface area contributed by atoms with Gasteiger partial charge in [-0.3, -0.25) is 10.1 Å². The molecular weight excluding hydrogens is 302 g/mol. The Morgan fingerprint density at radius 1 is 1.45 bits per heavy atom. The van der Waals surface area contributed by atoms with Crippen molar-refractivity contribution < 1.29 is 13.3 Å². The summed E-state index contributed by atoms with van der Waals surface area (Å²) in [6.45, 7) is 4.48. The molecule has 20 heavy (non-hydrogen) atoms. The maximum atomic E-state index is 11.5. The van der Waals surface area contributed by atoms with E-state index in [0.717, 1.165) is 6.07 Å². The smallest absolute Gasteiger partial charge is 0.270 e. The number of nitro groups is 1. The van der Waals surface area contributed by atoms with Crippen LogP contribution in [0.1, 0.15) is 13.8 Å². The summed E-state index contributed by atoms with van der Waals surface area (Å²) in [5.41, 5.74) is -0.0519. The summed E-state index contributed by atoms with van der Waals surface area (Å²) in [4.78, 5) is 9.76. The fourth-order valence-corrected chi connectivity index (χ4v) is 2.33. The zero-order chi connectivity index (χ0) is 15.6. The second-order valence-electron chi connectivity index (χ2n) is 4.80. The van der Waals surface area contributed by atoms with Crippen molar-refractivity contribution in [2.24, 2.45) is 5.14 Å². The van der Waals surface area contributed by atoms with E-state index in [1.807, 2.05) is 20.1 Å². The van der Waals surface area contributed by atoms with Gasteiger partial charge in [-0.2, -0.15) is 11.8 Å². The van der Waals surface area contributed by atoms with Crippen LogP contribution in [0.3, 0.4) is 0 Å². The number of primary sulfonamides is 1. The van der Waals surface area contributed by atoms with E-state index in [0.29, 0.717) is 6.54 Å². The summed E-state index contributed by atoms with van der Waals surface area (Å²) < 4.78 is 23.0. The Hall–Kier alpha value is -1.32. The molecule has 1 aromatic rings. The van der Waals surface area contributed by atoms with E-state index >= 15 is 0 Å². The van der Waals surface area contributed by atoms with Crippen LogP contribution < -0.4 is 10.5 Å². The minimum absolute atomic E-state index is 0.114. The quantitative estimate of drug-likeness (QED) is 0.610. The molecule has 0 spiro atoms. The molecule has 7 nitrogen and oxygen atoms in total. The predicted molar refractivity (Wildman–Crippen MR) is 80.6 cm³/mol. The van der Waals surface area contributed by atoms with Crippen molar-refractivity contribution in [1.82, 2.24) is 0 Å². The van der Waals surface area contributed by atoms with Crippen LogP contribution in [0.5, 0.6) is 0 Å². The van der Waals surface area contributed by atoms with Crippen LogP contribution in [0, 0.1) is 10.1 Å². The fourth-order valence-electron chi connectivity index (χ4n) is 1.39. The number of rotatable bonds is 6. The molecule has 0 unspecified atom stereocenters. The van der Waals surface area contributed by atoms with Gasteiger partial charge in [0.15, 0.2) is 0 Å².